The summed E-state index contributed by atoms with van der Waals surface area (Å²) in [6.07, 6.45) is 2.59. The summed E-state index contributed by atoms with van der Waals surface area (Å²) in [4.78, 5) is 14.3. The number of hydrogen-bond donors (Lipinski definition) is 0. The van der Waals surface area contributed by atoms with Crippen molar-refractivity contribution in [1.29, 1.82) is 0 Å². The monoisotopic (exact) mass is 329 g/mol. The zero-order chi connectivity index (χ0) is 15.5. The van der Waals surface area contributed by atoms with Crippen LogP contribution in [0, 0.1) is 0 Å². The average Bonchev–Trinajstić information content (AvgIpc) is 3.21. The molecule has 0 aliphatic carbocycles. The molecule has 0 radical (unpaired) electrons. The van der Waals surface area contributed by atoms with Crippen molar-refractivity contribution in [3.8, 4) is 0 Å². The predicted molar refractivity (Wildman–Crippen MR) is 78.3 cm³/mol. The standard InChI is InChI=1S/C14H20ClN3O4/c1-17-7-10(15)11(16-17)8-18(9-13-21-5-6-22-13)14(19)12-3-2-4-20-12/h7,12-13H,2-6,8-9H2,1H3. The van der Waals surface area contributed by atoms with Gasteiger partial charge in [-0.25, -0.2) is 0 Å². The SMILES string of the molecule is Cn1cc(Cl)c(CN(CC2OCCO2)C(=O)C2CCCO2)n1. The minimum Gasteiger partial charge on any atom is -0.368 e. The normalized spacial score (nSPS) is 22.4. The van der Waals surface area contributed by atoms with Crippen LogP contribution in [0.3, 0.4) is 0 Å². The summed E-state index contributed by atoms with van der Waals surface area (Å²) in [5.41, 5.74) is 0.661. The molecule has 1 amide bonds. The lowest BCUT2D eigenvalue weighted by atomic mass is 10.2. The van der Waals surface area contributed by atoms with Crippen LogP contribution < -0.4 is 0 Å². The number of nitrogens with zero attached hydrogens (tertiary/aromatic N) is 3. The van der Waals surface area contributed by atoms with E-state index in [-0.39, 0.29) is 12.0 Å². The van der Waals surface area contributed by atoms with E-state index in [1.165, 1.54) is 0 Å². The van der Waals surface area contributed by atoms with E-state index in [0.717, 1.165) is 12.8 Å². The Morgan fingerprint density at radius 3 is 2.77 bits per heavy atom. The second-order valence-electron chi connectivity index (χ2n) is 5.49. The van der Waals surface area contributed by atoms with Crippen LogP contribution in [-0.2, 0) is 32.6 Å². The highest BCUT2D eigenvalue weighted by atomic mass is 35.5. The maximum atomic E-state index is 12.7. The van der Waals surface area contributed by atoms with Crippen molar-refractivity contribution in [2.45, 2.75) is 31.8 Å². The van der Waals surface area contributed by atoms with Crippen molar-refractivity contribution in [2.24, 2.45) is 7.05 Å². The summed E-state index contributed by atoms with van der Waals surface area (Å²) < 4.78 is 18.0. The Morgan fingerprint density at radius 2 is 2.18 bits per heavy atom. The van der Waals surface area contributed by atoms with Crippen molar-refractivity contribution in [2.75, 3.05) is 26.4 Å². The van der Waals surface area contributed by atoms with Gasteiger partial charge < -0.3 is 19.1 Å². The van der Waals surface area contributed by atoms with E-state index < -0.39 is 6.29 Å². The molecule has 22 heavy (non-hydrogen) atoms. The number of aryl methyl sites for hydroxylation is 1. The molecule has 2 aliphatic heterocycles. The molecule has 2 aliphatic rings. The van der Waals surface area contributed by atoms with E-state index >= 15 is 0 Å². The van der Waals surface area contributed by atoms with Crippen molar-refractivity contribution < 1.29 is 19.0 Å². The summed E-state index contributed by atoms with van der Waals surface area (Å²) in [7, 11) is 1.80. The molecule has 7 nitrogen and oxygen atoms in total. The van der Waals surface area contributed by atoms with E-state index in [1.54, 1.807) is 22.8 Å². The second kappa shape index (κ2) is 6.95. The summed E-state index contributed by atoms with van der Waals surface area (Å²) in [6, 6.07) is 0. The van der Waals surface area contributed by atoms with E-state index in [1.807, 2.05) is 0 Å². The third-order valence-corrected chi connectivity index (χ3v) is 4.09. The van der Waals surface area contributed by atoms with E-state index in [4.69, 9.17) is 25.8 Å². The number of rotatable bonds is 5. The lowest BCUT2D eigenvalue weighted by Crippen LogP contribution is -2.43. The molecule has 0 N–H and O–H groups in total. The highest BCUT2D eigenvalue weighted by molar-refractivity contribution is 6.31. The topological polar surface area (TPSA) is 65.8 Å². The van der Waals surface area contributed by atoms with Gasteiger partial charge in [0.05, 0.1) is 31.3 Å². The molecular formula is C14H20ClN3O4. The molecule has 3 rings (SSSR count). The van der Waals surface area contributed by atoms with Crippen molar-refractivity contribution in [3.05, 3.63) is 16.9 Å². The molecule has 2 fully saturated rings. The molecule has 0 bridgehead atoms. The maximum absolute atomic E-state index is 12.7. The van der Waals surface area contributed by atoms with E-state index in [2.05, 4.69) is 5.10 Å². The van der Waals surface area contributed by atoms with E-state index in [0.29, 0.717) is 43.6 Å². The quantitative estimate of drug-likeness (QED) is 0.805. The minimum atomic E-state index is -0.396. The smallest absolute Gasteiger partial charge is 0.252 e. The van der Waals surface area contributed by atoms with Gasteiger partial charge in [0.1, 0.15) is 11.8 Å². The van der Waals surface area contributed by atoms with Crippen LogP contribution in [0.2, 0.25) is 5.02 Å². The van der Waals surface area contributed by atoms with Gasteiger partial charge in [-0.3, -0.25) is 9.48 Å². The fraction of sp³-hybridized carbons (Fsp3) is 0.714. The highest BCUT2D eigenvalue weighted by Gasteiger charge is 2.31. The number of ether oxygens (including phenoxy) is 3. The molecule has 8 heteroatoms. The predicted octanol–water partition coefficient (Wildman–Crippen LogP) is 0.954. The Hall–Kier alpha value is -1.15. The van der Waals surface area contributed by atoms with Crippen LogP contribution in [0.4, 0.5) is 0 Å². The van der Waals surface area contributed by atoms with Crippen molar-refractivity contribution in [3.63, 3.8) is 0 Å². The molecule has 1 aromatic rings. The Balaban J connectivity index is 1.72. The number of carbonyl (C=O) groups is 1. The number of amides is 1. The van der Waals surface area contributed by atoms with Crippen LogP contribution >= 0.6 is 11.6 Å². The lowest BCUT2D eigenvalue weighted by Gasteiger charge is -2.26. The Labute approximate surface area is 134 Å². The Morgan fingerprint density at radius 1 is 1.41 bits per heavy atom. The fourth-order valence-electron chi connectivity index (χ4n) is 2.69. The van der Waals surface area contributed by atoms with Gasteiger partial charge in [0, 0.05) is 19.9 Å². The summed E-state index contributed by atoms with van der Waals surface area (Å²) in [5.74, 6) is -0.0571. The number of aromatic nitrogens is 2. The van der Waals surface area contributed by atoms with Crippen LogP contribution in [0.5, 0.6) is 0 Å². The lowest BCUT2D eigenvalue weighted by molar-refractivity contribution is -0.147. The molecule has 0 saturated carbocycles. The van der Waals surface area contributed by atoms with Crippen LogP contribution in [0.25, 0.3) is 0 Å². The van der Waals surface area contributed by atoms with Crippen LogP contribution in [0.1, 0.15) is 18.5 Å². The summed E-state index contributed by atoms with van der Waals surface area (Å²) >= 11 is 6.16. The molecule has 0 spiro atoms. The number of hydrogen-bond acceptors (Lipinski definition) is 5. The third-order valence-electron chi connectivity index (χ3n) is 3.77. The average molecular weight is 330 g/mol. The van der Waals surface area contributed by atoms with Gasteiger partial charge in [-0.15, -0.1) is 0 Å². The van der Waals surface area contributed by atoms with Gasteiger partial charge in [-0.05, 0) is 12.8 Å². The summed E-state index contributed by atoms with van der Waals surface area (Å²) in [6.45, 7) is 2.41. The number of carbonyl (C=O) groups excluding carboxylic acids is 1. The molecule has 0 aromatic carbocycles. The van der Waals surface area contributed by atoms with Gasteiger partial charge in [-0.1, -0.05) is 11.6 Å². The fourth-order valence-corrected chi connectivity index (χ4v) is 2.93. The first-order valence-corrected chi connectivity index (χ1v) is 7.83. The minimum absolute atomic E-state index is 0.0571. The van der Waals surface area contributed by atoms with Crippen molar-refractivity contribution in [1.82, 2.24) is 14.7 Å². The first-order valence-electron chi connectivity index (χ1n) is 7.45. The van der Waals surface area contributed by atoms with Crippen molar-refractivity contribution >= 4 is 17.5 Å². The zero-order valence-corrected chi connectivity index (χ0v) is 13.3. The third kappa shape index (κ3) is 3.60. The molecule has 1 unspecified atom stereocenters. The molecule has 122 valence electrons. The molecule has 2 saturated heterocycles. The second-order valence-corrected chi connectivity index (χ2v) is 5.90. The van der Waals surface area contributed by atoms with Gasteiger partial charge in [0.15, 0.2) is 6.29 Å². The first-order chi connectivity index (χ1) is 10.6. The number of halogens is 1. The molecular weight excluding hydrogens is 310 g/mol. The molecule has 1 aromatic heterocycles. The van der Waals surface area contributed by atoms with Crippen LogP contribution in [-0.4, -0.2) is 59.3 Å². The molecule has 3 heterocycles. The van der Waals surface area contributed by atoms with Gasteiger partial charge >= 0.3 is 0 Å². The highest BCUT2D eigenvalue weighted by Crippen LogP contribution is 2.20. The zero-order valence-electron chi connectivity index (χ0n) is 12.5. The van der Waals surface area contributed by atoms with Gasteiger partial charge in [-0.2, -0.15) is 5.10 Å². The maximum Gasteiger partial charge on any atom is 0.252 e. The van der Waals surface area contributed by atoms with Gasteiger partial charge in [0.2, 0.25) is 0 Å². The first kappa shape index (κ1) is 15.7. The molecule has 1 atom stereocenters. The largest absolute Gasteiger partial charge is 0.368 e. The van der Waals surface area contributed by atoms with Gasteiger partial charge in [0.25, 0.3) is 5.91 Å². The Bertz CT molecular complexity index is 524. The van der Waals surface area contributed by atoms with E-state index in [9.17, 15) is 4.79 Å². The summed E-state index contributed by atoms with van der Waals surface area (Å²) in [5, 5.41) is 4.84. The Kier molecular flexibility index (Phi) is 4.97. The van der Waals surface area contributed by atoms with Crippen LogP contribution in [0.15, 0.2) is 6.20 Å².